The Balaban J connectivity index is 2.17. The minimum absolute atomic E-state index is 0.598. The summed E-state index contributed by atoms with van der Waals surface area (Å²) in [7, 11) is 1.14. The minimum atomic E-state index is -0.598. The van der Waals surface area contributed by atoms with Crippen LogP contribution >= 0.6 is 7.92 Å². The van der Waals surface area contributed by atoms with Gasteiger partial charge >= 0.3 is 0 Å². The van der Waals surface area contributed by atoms with Gasteiger partial charge in [0.15, 0.2) is 0 Å². The van der Waals surface area contributed by atoms with Crippen molar-refractivity contribution in [3.05, 3.63) is 84.9 Å². The second kappa shape index (κ2) is 6.56. The lowest BCUT2D eigenvalue weighted by Crippen LogP contribution is -2.21. The third kappa shape index (κ3) is 2.99. The third-order valence-corrected chi connectivity index (χ3v) is 5.84. The molecule has 0 aliphatic rings. The van der Waals surface area contributed by atoms with Crippen LogP contribution in [0.3, 0.4) is 0 Å². The zero-order valence-electron chi connectivity index (χ0n) is 11.9. The summed E-state index contributed by atoms with van der Waals surface area (Å²) < 4.78 is 5.59. The SMILES string of the molecule is COc1ccccc1P(c1ccccc1)c1ccccc1. The fraction of sp³-hybridized carbons (Fsp3) is 0.0526. The first kappa shape index (κ1) is 13.9. The van der Waals surface area contributed by atoms with Crippen LogP contribution < -0.4 is 20.7 Å². The summed E-state index contributed by atoms with van der Waals surface area (Å²) in [5.74, 6) is 0.955. The second-order valence-electron chi connectivity index (χ2n) is 4.68. The van der Waals surface area contributed by atoms with Gasteiger partial charge in [-0.1, -0.05) is 78.9 Å². The van der Waals surface area contributed by atoms with Crippen molar-refractivity contribution in [1.82, 2.24) is 0 Å². The van der Waals surface area contributed by atoms with Crippen molar-refractivity contribution in [3.63, 3.8) is 0 Å². The fourth-order valence-corrected chi connectivity index (χ4v) is 4.81. The van der Waals surface area contributed by atoms with E-state index in [9.17, 15) is 0 Å². The Kier molecular flexibility index (Phi) is 4.33. The van der Waals surface area contributed by atoms with Gasteiger partial charge in [0.2, 0.25) is 0 Å². The Morgan fingerprint density at radius 1 is 0.619 bits per heavy atom. The predicted molar refractivity (Wildman–Crippen MR) is 91.7 cm³/mol. The summed E-state index contributed by atoms with van der Waals surface area (Å²) >= 11 is 0. The van der Waals surface area contributed by atoms with Gasteiger partial charge in [-0.15, -0.1) is 0 Å². The molecule has 0 bridgehead atoms. The summed E-state index contributed by atoms with van der Waals surface area (Å²) in [6.45, 7) is 0. The van der Waals surface area contributed by atoms with E-state index in [1.165, 1.54) is 15.9 Å². The van der Waals surface area contributed by atoms with E-state index < -0.39 is 7.92 Å². The molecule has 0 atom stereocenters. The third-order valence-electron chi connectivity index (χ3n) is 3.35. The van der Waals surface area contributed by atoms with E-state index in [1.807, 2.05) is 12.1 Å². The van der Waals surface area contributed by atoms with Crippen molar-refractivity contribution in [2.45, 2.75) is 0 Å². The zero-order valence-corrected chi connectivity index (χ0v) is 12.8. The lowest BCUT2D eigenvalue weighted by molar-refractivity contribution is 0.418. The fourth-order valence-electron chi connectivity index (χ4n) is 2.40. The van der Waals surface area contributed by atoms with Gasteiger partial charge < -0.3 is 4.74 Å². The molecule has 0 heterocycles. The number of methoxy groups -OCH3 is 1. The topological polar surface area (TPSA) is 9.23 Å². The molecule has 0 N–H and O–H groups in total. The molecule has 3 aromatic rings. The highest BCUT2D eigenvalue weighted by Gasteiger charge is 2.19. The molecule has 3 aromatic carbocycles. The molecule has 1 nitrogen and oxygen atoms in total. The minimum Gasteiger partial charge on any atom is -0.496 e. The summed E-state index contributed by atoms with van der Waals surface area (Å²) in [6.07, 6.45) is 0. The molecular weight excluding hydrogens is 275 g/mol. The summed E-state index contributed by atoms with van der Waals surface area (Å²) in [5.41, 5.74) is 0. The predicted octanol–water partition coefficient (Wildman–Crippen LogP) is 3.45. The molecule has 0 aliphatic carbocycles. The average Bonchev–Trinajstić information content (AvgIpc) is 2.58. The zero-order chi connectivity index (χ0) is 14.5. The van der Waals surface area contributed by atoms with Crippen LogP contribution in [0.4, 0.5) is 0 Å². The molecule has 0 amide bonds. The monoisotopic (exact) mass is 292 g/mol. The van der Waals surface area contributed by atoms with Gasteiger partial charge in [0.05, 0.1) is 7.11 Å². The van der Waals surface area contributed by atoms with Crippen molar-refractivity contribution in [2.75, 3.05) is 7.11 Å². The summed E-state index contributed by atoms with van der Waals surface area (Å²) in [4.78, 5) is 0. The van der Waals surface area contributed by atoms with Crippen molar-refractivity contribution in [1.29, 1.82) is 0 Å². The number of rotatable bonds is 4. The van der Waals surface area contributed by atoms with Crippen LogP contribution in [0.15, 0.2) is 84.9 Å². The second-order valence-corrected chi connectivity index (χ2v) is 6.86. The largest absolute Gasteiger partial charge is 0.496 e. The van der Waals surface area contributed by atoms with Gasteiger partial charge in [-0.25, -0.2) is 0 Å². The van der Waals surface area contributed by atoms with Crippen LogP contribution in [0.25, 0.3) is 0 Å². The molecule has 0 aromatic heterocycles. The Hall–Kier alpha value is -2.11. The van der Waals surface area contributed by atoms with Gasteiger partial charge in [-0.3, -0.25) is 0 Å². The van der Waals surface area contributed by atoms with Crippen molar-refractivity contribution >= 4 is 23.8 Å². The Morgan fingerprint density at radius 2 is 1.10 bits per heavy atom. The van der Waals surface area contributed by atoms with Crippen LogP contribution in [0.1, 0.15) is 0 Å². The van der Waals surface area contributed by atoms with Crippen molar-refractivity contribution in [2.24, 2.45) is 0 Å². The van der Waals surface area contributed by atoms with Crippen molar-refractivity contribution in [3.8, 4) is 5.75 Å². The number of ether oxygens (including phenoxy) is 1. The maximum Gasteiger partial charge on any atom is 0.127 e. The molecule has 0 unspecified atom stereocenters. The maximum absolute atomic E-state index is 5.59. The Bertz CT molecular complexity index is 656. The highest BCUT2D eigenvalue weighted by molar-refractivity contribution is 7.80. The van der Waals surface area contributed by atoms with Crippen LogP contribution in [0.5, 0.6) is 5.75 Å². The summed E-state index contributed by atoms with van der Waals surface area (Å²) in [5, 5.41) is 3.93. The molecule has 0 saturated heterocycles. The number of hydrogen-bond donors (Lipinski definition) is 0. The van der Waals surface area contributed by atoms with Gasteiger partial charge in [-0.05, 0) is 24.6 Å². The van der Waals surface area contributed by atoms with Crippen LogP contribution in [0, 0.1) is 0 Å². The van der Waals surface area contributed by atoms with Gasteiger partial charge in [-0.2, -0.15) is 0 Å². The van der Waals surface area contributed by atoms with Crippen LogP contribution in [0.2, 0.25) is 0 Å². The highest BCUT2D eigenvalue weighted by Crippen LogP contribution is 2.36. The first-order valence-electron chi connectivity index (χ1n) is 6.93. The number of benzene rings is 3. The van der Waals surface area contributed by atoms with E-state index in [-0.39, 0.29) is 0 Å². The molecule has 2 heteroatoms. The lowest BCUT2D eigenvalue weighted by Gasteiger charge is -2.21. The number of hydrogen-bond acceptors (Lipinski definition) is 1. The molecule has 0 radical (unpaired) electrons. The first-order valence-corrected chi connectivity index (χ1v) is 8.27. The first-order chi connectivity index (χ1) is 10.4. The van der Waals surface area contributed by atoms with Crippen molar-refractivity contribution < 1.29 is 4.74 Å². The standard InChI is InChI=1S/C19H17OP/c1-20-18-14-8-9-15-19(18)21(16-10-4-2-5-11-16)17-12-6-3-7-13-17/h2-15H,1H3. The molecule has 104 valence electrons. The van der Waals surface area contributed by atoms with E-state index >= 15 is 0 Å². The van der Waals surface area contributed by atoms with Gasteiger partial charge in [0.25, 0.3) is 0 Å². The maximum atomic E-state index is 5.59. The quantitative estimate of drug-likeness (QED) is 0.669. The molecule has 0 fully saturated rings. The van der Waals surface area contributed by atoms with E-state index in [1.54, 1.807) is 7.11 Å². The molecule has 3 rings (SSSR count). The number of para-hydroxylation sites is 1. The Morgan fingerprint density at radius 3 is 1.62 bits per heavy atom. The molecule has 21 heavy (non-hydrogen) atoms. The van der Waals surface area contributed by atoms with Crippen LogP contribution in [-0.2, 0) is 0 Å². The molecule has 0 aliphatic heterocycles. The van der Waals surface area contributed by atoms with Gasteiger partial charge in [0, 0.05) is 5.30 Å². The van der Waals surface area contributed by atoms with Gasteiger partial charge in [0.1, 0.15) is 5.75 Å². The van der Waals surface area contributed by atoms with E-state index in [0.717, 1.165) is 5.75 Å². The summed E-state index contributed by atoms with van der Waals surface area (Å²) in [6, 6.07) is 29.6. The highest BCUT2D eigenvalue weighted by atomic mass is 31.1. The van der Waals surface area contributed by atoms with E-state index in [0.29, 0.717) is 0 Å². The normalized spacial score (nSPS) is 10.6. The smallest absolute Gasteiger partial charge is 0.127 e. The average molecular weight is 292 g/mol. The molecular formula is C19H17OP. The molecule has 0 spiro atoms. The Labute approximate surface area is 127 Å². The lowest BCUT2D eigenvalue weighted by atomic mass is 10.3. The van der Waals surface area contributed by atoms with E-state index in [2.05, 4.69) is 72.8 Å². The van der Waals surface area contributed by atoms with E-state index in [4.69, 9.17) is 4.74 Å². The van der Waals surface area contributed by atoms with Crippen LogP contribution in [-0.4, -0.2) is 7.11 Å². The molecule has 0 saturated carbocycles.